The number of fused-ring (bicyclic) bond motifs is 1. The molecule has 0 unspecified atom stereocenters. The Balaban J connectivity index is 1.53. The monoisotopic (exact) mass is 396 g/mol. The molecule has 1 N–H and O–H groups in total. The van der Waals surface area contributed by atoms with Gasteiger partial charge < -0.3 is 4.42 Å². The van der Waals surface area contributed by atoms with E-state index in [2.05, 4.69) is 14.8 Å². The third-order valence-electron chi connectivity index (χ3n) is 4.14. The topological polar surface area (TPSA) is 107 Å². The fourth-order valence-electron chi connectivity index (χ4n) is 2.82. The highest BCUT2D eigenvalue weighted by atomic mass is 32.2. The lowest BCUT2D eigenvalue weighted by molar-refractivity contribution is 0.540. The summed E-state index contributed by atoms with van der Waals surface area (Å²) in [5.74, 6) is 0.524. The highest BCUT2D eigenvalue weighted by molar-refractivity contribution is 7.89. The van der Waals surface area contributed by atoms with Gasteiger partial charge in [0.15, 0.2) is 5.76 Å². The number of furan rings is 1. The standard InChI is InChI=1S/C19H16N4O4S/c24-18-9-8-15(16-6-3-13-27-16)22-23(18)12-11-21-28(25,26)17-7-1-4-14-5-2-10-20-19(14)17/h1-10,13,21H,11-12H2. The van der Waals surface area contributed by atoms with Crippen molar-refractivity contribution in [3.8, 4) is 11.5 Å². The summed E-state index contributed by atoms with van der Waals surface area (Å²) in [6, 6.07) is 14.9. The van der Waals surface area contributed by atoms with Gasteiger partial charge in [-0.05, 0) is 30.3 Å². The van der Waals surface area contributed by atoms with Crippen LogP contribution in [0.5, 0.6) is 0 Å². The molecule has 28 heavy (non-hydrogen) atoms. The number of benzene rings is 1. The van der Waals surface area contributed by atoms with E-state index in [0.717, 1.165) is 5.39 Å². The Morgan fingerprint density at radius 1 is 1.04 bits per heavy atom. The molecule has 0 saturated carbocycles. The highest BCUT2D eigenvalue weighted by Gasteiger charge is 2.17. The largest absolute Gasteiger partial charge is 0.463 e. The first-order valence-corrected chi connectivity index (χ1v) is 9.98. The van der Waals surface area contributed by atoms with Crippen LogP contribution in [0.15, 0.2) is 81.2 Å². The Hall–Kier alpha value is -3.30. The zero-order valence-electron chi connectivity index (χ0n) is 14.6. The van der Waals surface area contributed by atoms with Gasteiger partial charge in [0, 0.05) is 24.2 Å². The smallest absolute Gasteiger partial charge is 0.266 e. The molecule has 0 bridgehead atoms. The van der Waals surface area contributed by atoms with Crippen LogP contribution in [0.4, 0.5) is 0 Å². The van der Waals surface area contributed by atoms with Gasteiger partial charge in [-0.25, -0.2) is 17.8 Å². The van der Waals surface area contributed by atoms with Crippen LogP contribution in [0.2, 0.25) is 0 Å². The number of sulfonamides is 1. The summed E-state index contributed by atoms with van der Waals surface area (Å²) in [5.41, 5.74) is 0.555. The van der Waals surface area contributed by atoms with E-state index in [1.165, 1.54) is 23.1 Å². The zero-order valence-corrected chi connectivity index (χ0v) is 15.5. The van der Waals surface area contributed by atoms with Gasteiger partial charge in [-0.2, -0.15) is 5.10 Å². The number of aromatic nitrogens is 3. The molecule has 9 heteroatoms. The number of nitrogens with zero attached hydrogens (tertiary/aromatic N) is 3. The summed E-state index contributed by atoms with van der Waals surface area (Å²) in [7, 11) is -3.80. The van der Waals surface area contributed by atoms with E-state index in [0.29, 0.717) is 17.0 Å². The fourth-order valence-corrected chi connectivity index (χ4v) is 4.02. The van der Waals surface area contributed by atoms with Gasteiger partial charge in [0.05, 0.1) is 18.3 Å². The molecule has 0 atom stereocenters. The second-order valence-corrected chi connectivity index (χ2v) is 7.72. The van der Waals surface area contributed by atoms with Gasteiger partial charge >= 0.3 is 0 Å². The minimum absolute atomic E-state index is 0.0000687. The maximum absolute atomic E-state index is 12.7. The first kappa shape index (κ1) is 18.1. The minimum atomic E-state index is -3.80. The molecular formula is C19H16N4O4S. The molecule has 0 aliphatic rings. The molecule has 8 nitrogen and oxygen atoms in total. The molecule has 0 fully saturated rings. The van der Waals surface area contributed by atoms with Crippen LogP contribution in [0.25, 0.3) is 22.4 Å². The average molecular weight is 396 g/mol. The number of nitrogens with one attached hydrogen (secondary N) is 1. The maximum Gasteiger partial charge on any atom is 0.266 e. The fraction of sp³-hybridized carbons (Fsp3) is 0.105. The molecule has 3 heterocycles. The quantitative estimate of drug-likeness (QED) is 0.534. The van der Waals surface area contributed by atoms with Crippen molar-refractivity contribution in [2.45, 2.75) is 11.4 Å². The number of rotatable bonds is 6. The van der Waals surface area contributed by atoms with E-state index in [-0.39, 0.29) is 23.5 Å². The van der Waals surface area contributed by atoms with Gasteiger partial charge in [-0.3, -0.25) is 9.78 Å². The van der Waals surface area contributed by atoms with E-state index >= 15 is 0 Å². The summed E-state index contributed by atoms with van der Waals surface area (Å²) < 4.78 is 34.4. The maximum atomic E-state index is 12.7. The molecule has 0 radical (unpaired) electrons. The van der Waals surface area contributed by atoms with Crippen molar-refractivity contribution in [2.24, 2.45) is 0 Å². The summed E-state index contributed by atoms with van der Waals surface area (Å²) in [4.78, 5) is 16.3. The SMILES string of the molecule is O=c1ccc(-c2ccco2)nn1CCNS(=O)(=O)c1cccc2cccnc12. The van der Waals surface area contributed by atoms with Gasteiger partial charge in [0.25, 0.3) is 5.56 Å². The van der Waals surface area contributed by atoms with E-state index in [1.807, 2.05) is 0 Å². The highest BCUT2D eigenvalue weighted by Crippen LogP contribution is 2.20. The predicted octanol–water partition coefficient (Wildman–Crippen LogP) is 2.03. The second kappa shape index (κ2) is 7.37. The van der Waals surface area contributed by atoms with Crippen molar-refractivity contribution in [1.29, 1.82) is 0 Å². The van der Waals surface area contributed by atoms with Crippen molar-refractivity contribution < 1.29 is 12.8 Å². The van der Waals surface area contributed by atoms with Gasteiger partial charge in [0.1, 0.15) is 10.6 Å². The van der Waals surface area contributed by atoms with E-state index < -0.39 is 10.0 Å². The van der Waals surface area contributed by atoms with Crippen molar-refractivity contribution in [1.82, 2.24) is 19.5 Å². The van der Waals surface area contributed by atoms with Gasteiger partial charge in [0.2, 0.25) is 10.0 Å². The molecular weight excluding hydrogens is 380 g/mol. The first-order chi connectivity index (χ1) is 13.5. The molecule has 4 rings (SSSR count). The number of pyridine rings is 1. The normalized spacial score (nSPS) is 11.7. The molecule has 0 amide bonds. The van der Waals surface area contributed by atoms with Crippen LogP contribution in [0.3, 0.4) is 0 Å². The van der Waals surface area contributed by atoms with Crippen LogP contribution >= 0.6 is 0 Å². The molecule has 1 aromatic carbocycles. The predicted molar refractivity (Wildman–Crippen MR) is 103 cm³/mol. The molecule has 4 aromatic rings. The Labute approximate surface area is 160 Å². The summed E-state index contributed by atoms with van der Waals surface area (Å²) >= 11 is 0. The molecule has 142 valence electrons. The minimum Gasteiger partial charge on any atom is -0.463 e. The van der Waals surface area contributed by atoms with Crippen molar-refractivity contribution in [3.63, 3.8) is 0 Å². The van der Waals surface area contributed by atoms with Crippen LogP contribution in [-0.2, 0) is 16.6 Å². The first-order valence-electron chi connectivity index (χ1n) is 8.50. The summed E-state index contributed by atoms with van der Waals surface area (Å²) in [5, 5.41) is 4.95. The van der Waals surface area contributed by atoms with Crippen LogP contribution < -0.4 is 10.3 Å². The Bertz CT molecular complexity index is 1280. The zero-order chi connectivity index (χ0) is 19.6. The van der Waals surface area contributed by atoms with Crippen LogP contribution in [0.1, 0.15) is 0 Å². The Morgan fingerprint density at radius 2 is 1.89 bits per heavy atom. The average Bonchev–Trinajstić information content (AvgIpc) is 3.24. The van der Waals surface area contributed by atoms with Crippen molar-refractivity contribution in [2.75, 3.05) is 6.54 Å². The van der Waals surface area contributed by atoms with Crippen LogP contribution in [0, 0.1) is 0 Å². The molecule has 3 aromatic heterocycles. The Kier molecular flexibility index (Phi) is 4.76. The summed E-state index contributed by atoms with van der Waals surface area (Å²) in [6.07, 6.45) is 3.06. The molecule has 0 aliphatic heterocycles. The lowest BCUT2D eigenvalue weighted by Crippen LogP contribution is -2.32. The summed E-state index contributed by atoms with van der Waals surface area (Å²) in [6.45, 7) is 0.0743. The third kappa shape index (κ3) is 3.57. The van der Waals surface area contributed by atoms with Gasteiger partial charge in [-0.1, -0.05) is 18.2 Å². The van der Waals surface area contributed by atoms with E-state index in [4.69, 9.17) is 4.42 Å². The van der Waals surface area contributed by atoms with Crippen molar-refractivity contribution >= 4 is 20.9 Å². The lowest BCUT2D eigenvalue weighted by atomic mass is 10.2. The number of hydrogen-bond acceptors (Lipinski definition) is 6. The molecule has 0 aliphatic carbocycles. The number of para-hydroxylation sites is 1. The molecule has 0 spiro atoms. The second-order valence-electron chi connectivity index (χ2n) is 5.99. The lowest BCUT2D eigenvalue weighted by Gasteiger charge is -2.10. The van der Waals surface area contributed by atoms with Crippen molar-refractivity contribution in [3.05, 3.63) is 77.4 Å². The van der Waals surface area contributed by atoms with E-state index in [1.54, 1.807) is 48.7 Å². The van der Waals surface area contributed by atoms with Gasteiger partial charge in [-0.15, -0.1) is 0 Å². The van der Waals surface area contributed by atoms with Crippen LogP contribution in [-0.4, -0.2) is 29.7 Å². The van der Waals surface area contributed by atoms with E-state index in [9.17, 15) is 13.2 Å². The Morgan fingerprint density at radius 3 is 2.71 bits per heavy atom. The third-order valence-corrected chi connectivity index (χ3v) is 5.63. The molecule has 0 saturated heterocycles. The number of hydrogen-bond donors (Lipinski definition) is 1.